The monoisotopic (exact) mass is 636 g/mol. The number of carbonyl (C=O) groups excluding carboxylic acids is 1. The molecule has 218 valence electrons. The molecule has 1 saturated heterocycles. The SMILES string of the molecule is O=C(O[C@@H](Cc1c(Cl)cncc1Cl)c1ccc(OC(F)F)c(OCC2CC2)c1)C1SCCN1S(=O)(=O)CC1CC1. The van der Waals surface area contributed by atoms with E-state index in [-0.39, 0.29) is 46.2 Å². The molecule has 0 radical (unpaired) electrons. The fourth-order valence-electron chi connectivity index (χ4n) is 4.37. The summed E-state index contributed by atoms with van der Waals surface area (Å²) in [6.45, 7) is -2.51. The van der Waals surface area contributed by atoms with Crippen LogP contribution in [-0.2, 0) is 26.0 Å². The van der Waals surface area contributed by atoms with E-state index in [1.807, 2.05) is 0 Å². The van der Waals surface area contributed by atoms with E-state index in [1.54, 1.807) is 0 Å². The van der Waals surface area contributed by atoms with Gasteiger partial charge in [0.2, 0.25) is 10.0 Å². The maximum absolute atomic E-state index is 13.5. The van der Waals surface area contributed by atoms with Gasteiger partial charge in [0.1, 0.15) is 6.10 Å². The third-order valence-corrected chi connectivity index (χ3v) is 10.8. The van der Waals surface area contributed by atoms with E-state index < -0.39 is 34.1 Å². The fourth-order valence-corrected chi connectivity index (χ4v) is 8.44. The highest BCUT2D eigenvalue weighted by Crippen LogP contribution is 2.39. The van der Waals surface area contributed by atoms with Gasteiger partial charge in [-0.2, -0.15) is 13.1 Å². The van der Waals surface area contributed by atoms with Crippen LogP contribution in [-0.4, -0.2) is 60.3 Å². The summed E-state index contributed by atoms with van der Waals surface area (Å²) < 4.78 is 69.8. The first-order valence-electron chi connectivity index (χ1n) is 12.9. The molecule has 1 unspecified atom stereocenters. The molecule has 2 atom stereocenters. The standard InChI is InChI=1S/C26H28Cl2F2N2O6S2/c27-19-11-31-12-20(28)18(19)10-22(17-5-6-21(38-26(29)30)23(9-17)36-13-15-1-2-15)37-25(33)24-32(7-8-39-24)40(34,35)14-16-3-4-16/h5-6,9,11-12,15-16,22,24,26H,1-4,7-8,10,13-14H2/t22-,24?/m0/s1. The Morgan fingerprint density at radius 1 is 1.10 bits per heavy atom. The number of sulfonamides is 1. The van der Waals surface area contributed by atoms with Gasteiger partial charge in [0.15, 0.2) is 16.9 Å². The minimum Gasteiger partial charge on any atom is -0.489 e. The molecule has 5 rings (SSSR count). The van der Waals surface area contributed by atoms with Gasteiger partial charge in [0.25, 0.3) is 0 Å². The maximum atomic E-state index is 13.5. The van der Waals surface area contributed by atoms with Gasteiger partial charge in [-0.05, 0) is 60.8 Å². The van der Waals surface area contributed by atoms with Crippen LogP contribution in [0.25, 0.3) is 0 Å². The number of carbonyl (C=O) groups is 1. The van der Waals surface area contributed by atoms with Crippen molar-refractivity contribution in [2.45, 2.75) is 50.2 Å². The molecular formula is C26H28Cl2F2N2O6S2. The Morgan fingerprint density at radius 2 is 1.80 bits per heavy atom. The van der Waals surface area contributed by atoms with Crippen LogP contribution < -0.4 is 9.47 Å². The zero-order chi connectivity index (χ0) is 28.4. The number of ether oxygens (including phenoxy) is 3. The molecule has 8 nitrogen and oxygen atoms in total. The Labute approximate surface area is 245 Å². The Kier molecular flexibility index (Phi) is 9.30. The lowest BCUT2D eigenvalue weighted by atomic mass is 10.0. The molecule has 0 bridgehead atoms. The number of nitrogens with zero attached hydrogens (tertiary/aromatic N) is 2. The molecule has 1 aromatic carbocycles. The zero-order valence-electron chi connectivity index (χ0n) is 21.3. The highest BCUT2D eigenvalue weighted by atomic mass is 35.5. The van der Waals surface area contributed by atoms with Crippen molar-refractivity contribution >= 4 is 51.0 Å². The van der Waals surface area contributed by atoms with Gasteiger partial charge in [-0.3, -0.25) is 4.98 Å². The van der Waals surface area contributed by atoms with E-state index in [0.29, 0.717) is 29.4 Å². The first-order chi connectivity index (χ1) is 19.1. The summed E-state index contributed by atoms with van der Waals surface area (Å²) >= 11 is 13.9. The first-order valence-corrected chi connectivity index (χ1v) is 16.3. The van der Waals surface area contributed by atoms with Crippen molar-refractivity contribution in [3.05, 3.63) is 51.8 Å². The van der Waals surface area contributed by atoms with Crippen LogP contribution >= 0.6 is 35.0 Å². The van der Waals surface area contributed by atoms with Crippen molar-refractivity contribution in [3.63, 3.8) is 0 Å². The van der Waals surface area contributed by atoms with Gasteiger partial charge in [0.05, 0.1) is 22.4 Å². The van der Waals surface area contributed by atoms with Crippen LogP contribution in [0.15, 0.2) is 30.6 Å². The van der Waals surface area contributed by atoms with Crippen molar-refractivity contribution in [2.75, 3.05) is 24.7 Å². The summed E-state index contributed by atoms with van der Waals surface area (Å²) in [5.41, 5.74) is 0.877. The number of halogens is 4. The molecule has 2 aliphatic carbocycles. The average molecular weight is 638 g/mol. The van der Waals surface area contributed by atoms with E-state index in [0.717, 1.165) is 25.7 Å². The van der Waals surface area contributed by atoms with Crippen LogP contribution in [0.4, 0.5) is 8.78 Å². The van der Waals surface area contributed by atoms with Crippen LogP contribution in [0.3, 0.4) is 0 Å². The van der Waals surface area contributed by atoms with Crippen molar-refractivity contribution < 1.29 is 36.2 Å². The van der Waals surface area contributed by atoms with Crippen molar-refractivity contribution in [2.24, 2.45) is 11.8 Å². The van der Waals surface area contributed by atoms with E-state index >= 15 is 0 Å². The molecule has 1 aromatic heterocycles. The summed E-state index contributed by atoms with van der Waals surface area (Å²) in [6.07, 6.45) is 5.54. The number of thioether (sulfide) groups is 1. The molecule has 3 fully saturated rings. The van der Waals surface area contributed by atoms with Crippen LogP contribution in [0.5, 0.6) is 11.5 Å². The lowest BCUT2D eigenvalue weighted by Crippen LogP contribution is -2.42. The molecule has 14 heteroatoms. The fraction of sp³-hybridized carbons (Fsp3) is 0.538. The predicted molar refractivity (Wildman–Crippen MR) is 148 cm³/mol. The second kappa shape index (κ2) is 12.6. The summed E-state index contributed by atoms with van der Waals surface area (Å²) in [5, 5.41) is -0.540. The molecule has 0 amide bonds. The van der Waals surface area contributed by atoms with Crippen molar-refractivity contribution in [3.8, 4) is 11.5 Å². The van der Waals surface area contributed by atoms with Gasteiger partial charge in [0, 0.05) is 31.1 Å². The van der Waals surface area contributed by atoms with Gasteiger partial charge >= 0.3 is 12.6 Å². The van der Waals surface area contributed by atoms with Crippen molar-refractivity contribution in [1.82, 2.24) is 9.29 Å². The number of pyridine rings is 1. The van der Waals surface area contributed by atoms with Crippen LogP contribution in [0.2, 0.25) is 10.0 Å². The predicted octanol–water partition coefficient (Wildman–Crippen LogP) is 5.72. The Balaban J connectivity index is 1.43. The molecule has 40 heavy (non-hydrogen) atoms. The largest absolute Gasteiger partial charge is 0.489 e. The van der Waals surface area contributed by atoms with Crippen LogP contribution in [0, 0.1) is 11.8 Å². The highest BCUT2D eigenvalue weighted by molar-refractivity contribution is 8.02. The lowest BCUT2D eigenvalue weighted by molar-refractivity contribution is -0.150. The average Bonchev–Trinajstić information content (AvgIpc) is 3.83. The van der Waals surface area contributed by atoms with Crippen molar-refractivity contribution in [1.29, 1.82) is 0 Å². The minimum absolute atomic E-state index is 0.0102. The first kappa shape index (κ1) is 29.6. The lowest BCUT2D eigenvalue weighted by Gasteiger charge is -2.26. The molecule has 2 heterocycles. The summed E-state index contributed by atoms with van der Waals surface area (Å²) in [6, 6.07) is 4.31. The maximum Gasteiger partial charge on any atom is 0.387 e. The molecular weight excluding hydrogens is 609 g/mol. The third-order valence-electron chi connectivity index (χ3n) is 6.88. The summed E-state index contributed by atoms with van der Waals surface area (Å²) in [4.78, 5) is 17.4. The number of esters is 1. The van der Waals surface area contributed by atoms with Gasteiger partial charge < -0.3 is 14.2 Å². The Bertz CT molecular complexity index is 1320. The molecule has 2 aromatic rings. The van der Waals surface area contributed by atoms with E-state index in [4.69, 9.17) is 32.7 Å². The van der Waals surface area contributed by atoms with Gasteiger partial charge in [-0.15, -0.1) is 11.8 Å². The molecule has 0 spiro atoms. The molecule has 1 aliphatic heterocycles. The topological polar surface area (TPSA) is 95.0 Å². The second-order valence-electron chi connectivity index (χ2n) is 10.1. The number of aromatic nitrogens is 1. The van der Waals surface area contributed by atoms with E-state index in [2.05, 4.69) is 9.72 Å². The second-order valence-corrected chi connectivity index (χ2v) is 14.1. The van der Waals surface area contributed by atoms with E-state index in [9.17, 15) is 22.0 Å². The van der Waals surface area contributed by atoms with Gasteiger partial charge in [-0.25, -0.2) is 13.2 Å². The summed E-state index contributed by atoms with van der Waals surface area (Å²) in [7, 11) is -3.64. The highest BCUT2D eigenvalue weighted by Gasteiger charge is 2.43. The Morgan fingerprint density at radius 3 is 2.45 bits per heavy atom. The summed E-state index contributed by atoms with van der Waals surface area (Å²) in [5.74, 6) is 0.134. The smallest absolute Gasteiger partial charge is 0.387 e. The number of rotatable bonds is 13. The quantitative estimate of drug-likeness (QED) is 0.258. The number of benzene rings is 1. The molecule has 0 N–H and O–H groups in total. The molecule has 2 saturated carbocycles. The van der Waals surface area contributed by atoms with Gasteiger partial charge in [-0.1, -0.05) is 29.3 Å². The normalized spacial score (nSPS) is 20.5. The molecule has 3 aliphatic rings. The van der Waals surface area contributed by atoms with Crippen LogP contribution in [0.1, 0.15) is 42.9 Å². The third kappa shape index (κ3) is 7.50. The van der Waals surface area contributed by atoms with E-state index in [1.165, 1.54) is 46.7 Å². The zero-order valence-corrected chi connectivity index (χ0v) is 24.5. The Hall–Kier alpha value is -1.86. The number of hydrogen-bond donors (Lipinski definition) is 0. The number of hydrogen-bond acceptors (Lipinski definition) is 8. The number of alkyl halides is 2. The minimum atomic E-state index is -3.64.